The van der Waals surface area contributed by atoms with Crippen LogP contribution in [0.1, 0.15) is 95.8 Å². The van der Waals surface area contributed by atoms with Crippen LogP contribution in [0.5, 0.6) is 0 Å². The monoisotopic (exact) mass is 809 g/mol. The molecule has 4 heterocycles. The molecule has 0 amide bonds. The molecule has 5 aromatic rings. The van der Waals surface area contributed by atoms with Crippen molar-refractivity contribution < 1.29 is 0 Å². The average molecular weight is 810 g/mol. The van der Waals surface area contributed by atoms with E-state index in [2.05, 4.69) is 180 Å². The topological polar surface area (TPSA) is 9.72 Å². The van der Waals surface area contributed by atoms with Gasteiger partial charge in [0.15, 0.2) is 0 Å². The van der Waals surface area contributed by atoms with E-state index in [-0.39, 0.29) is 28.6 Å². The third kappa shape index (κ3) is 4.71. The lowest BCUT2D eigenvalue weighted by molar-refractivity contribution is 0.194. The molecular formula is C53H64BN3Si2. The summed E-state index contributed by atoms with van der Waals surface area (Å²) < 4.78 is 0. The summed E-state index contributed by atoms with van der Waals surface area (Å²) in [6.07, 6.45) is 10.1. The number of fused-ring (bicyclic) bond motifs is 10. The Kier molecular flexibility index (Phi) is 7.78. The Labute approximate surface area is 357 Å². The smallest absolute Gasteiger partial charge is 0.252 e. The fraction of sp³-hybridized carbons (Fsp3) is 0.434. The van der Waals surface area contributed by atoms with Crippen molar-refractivity contribution in [3.05, 3.63) is 108 Å². The van der Waals surface area contributed by atoms with Crippen LogP contribution in [0.15, 0.2) is 91.0 Å². The minimum absolute atomic E-state index is 0.0232. The largest absolute Gasteiger partial charge is 0.335 e. The molecule has 0 radical (unpaired) electrons. The maximum absolute atomic E-state index is 2.95. The van der Waals surface area contributed by atoms with Crippen LogP contribution in [0.25, 0.3) is 0 Å². The third-order valence-electron chi connectivity index (χ3n) is 17.2. The van der Waals surface area contributed by atoms with Crippen molar-refractivity contribution in [2.24, 2.45) is 0 Å². The number of hydrogen-bond donors (Lipinski definition) is 0. The van der Waals surface area contributed by atoms with E-state index in [4.69, 9.17) is 0 Å². The molecule has 3 nitrogen and oxygen atoms in total. The average Bonchev–Trinajstić information content (AvgIpc) is 3.53. The van der Waals surface area contributed by atoms with Gasteiger partial charge in [-0.15, -0.1) is 0 Å². The molecular weight excluding hydrogens is 746 g/mol. The van der Waals surface area contributed by atoms with Crippen molar-refractivity contribution in [3.63, 3.8) is 0 Å². The number of hydrogen-bond acceptors (Lipinski definition) is 3. The number of nitrogens with zero attached hydrogens (tertiary/aromatic N) is 3. The van der Waals surface area contributed by atoms with Crippen LogP contribution >= 0.6 is 0 Å². The van der Waals surface area contributed by atoms with Gasteiger partial charge in [-0.3, -0.25) is 0 Å². The highest BCUT2D eigenvalue weighted by atomic mass is 28.3. The highest BCUT2D eigenvalue weighted by Gasteiger charge is 2.65. The minimum atomic E-state index is -1.79. The second-order valence-electron chi connectivity index (χ2n) is 22.5. The minimum Gasteiger partial charge on any atom is -0.335 e. The number of para-hydroxylation sites is 3. The predicted octanol–water partition coefficient (Wildman–Crippen LogP) is 11.2. The summed E-state index contributed by atoms with van der Waals surface area (Å²) in [5, 5.41) is 3.04. The first-order chi connectivity index (χ1) is 27.9. The van der Waals surface area contributed by atoms with Crippen LogP contribution in [0.2, 0.25) is 39.3 Å². The van der Waals surface area contributed by atoms with E-state index < -0.39 is 16.1 Å². The molecule has 4 aliphatic heterocycles. The second-order valence-corrected chi connectivity index (χ2v) is 32.6. The Morgan fingerprint density at radius 1 is 0.542 bits per heavy atom. The summed E-state index contributed by atoms with van der Waals surface area (Å²) in [6, 6.07) is 37.0. The normalized spacial score (nSPS) is 27.2. The van der Waals surface area contributed by atoms with Gasteiger partial charge in [0.25, 0.3) is 6.71 Å². The van der Waals surface area contributed by atoms with Crippen LogP contribution < -0.4 is 41.5 Å². The number of aryl methyl sites for hydroxylation is 1. The molecule has 0 aromatic heterocycles. The maximum atomic E-state index is 2.95. The van der Waals surface area contributed by atoms with E-state index in [0.717, 1.165) is 0 Å². The van der Waals surface area contributed by atoms with Crippen LogP contribution in [-0.2, 0) is 10.8 Å². The number of benzene rings is 5. The SMILES string of the molecule is Cc1cc2c3c(c1)C1(C)CCCCC1(C)N3c1cc(N(c3ccccc3[Si](C)(C)C)c3ccccc3[Si](C)(C)C)cc3c1B2c1cccc2c1N3C1(C)CCCCC21C. The molecule has 0 spiro atoms. The standard InChI is InChI=1S/C53H64BN3Si2/c1-35-31-38-49-40(32-35)54-39-22-20-21-37-48(39)56(52(4)29-18-16-27-50(37,52)2)43-33-36(34-44(47(43)54)57(49)53(5)30-19-17-28-51(38,53)3)55(41-23-12-14-25-45(41)58(6,7)8)42-24-13-15-26-46(42)59(9,10)11/h12-15,20-26,31-34H,16-19,27-30H2,1-11H3. The zero-order valence-corrected chi connectivity index (χ0v) is 39.7. The lowest BCUT2D eigenvalue weighted by Crippen LogP contribution is -2.66. The summed E-state index contributed by atoms with van der Waals surface area (Å²) in [5.74, 6) is 0. The van der Waals surface area contributed by atoms with Crippen molar-refractivity contribution in [1.29, 1.82) is 0 Å². The van der Waals surface area contributed by atoms with Gasteiger partial charge in [-0.25, -0.2) is 0 Å². The first kappa shape index (κ1) is 38.0. The third-order valence-corrected chi connectivity index (χ3v) is 21.3. The Morgan fingerprint density at radius 3 is 1.58 bits per heavy atom. The van der Waals surface area contributed by atoms with E-state index in [1.165, 1.54) is 113 Å². The predicted molar refractivity (Wildman–Crippen MR) is 262 cm³/mol. The van der Waals surface area contributed by atoms with Crippen molar-refractivity contribution in [2.75, 3.05) is 14.7 Å². The molecule has 59 heavy (non-hydrogen) atoms. The molecule has 6 heteroatoms. The van der Waals surface area contributed by atoms with Crippen LogP contribution in [0.3, 0.4) is 0 Å². The van der Waals surface area contributed by atoms with Crippen molar-refractivity contribution in [1.82, 2.24) is 0 Å². The van der Waals surface area contributed by atoms with Gasteiger partial charge >= 0.3 is 0 Å². The zero-order chi connectivity index (χ0) is 41.2. The molecule has 2 fully saturated rings. The van der Waals surface area contributed by atoms with E-state index in [9.17, 15) is 0 Å². The lowest BCUT2D eigenvalue weighted by atomic mass is 9.33. The molecule has 4 atom stereocenters. The van der Waals surface area contributed by atoms with E-state index in [1.54, 1.807) is 22.1 Å². The van der Waals surface area contributed by atoms with E-state index in [1.807, 2.05) is 0 Å². The van der Waals surface area contributed by atoms with Gasteiger partial charge in [-0.05, 0) is 109 Å². The molecule has 11 rings (SSSR count). The summed E-state index contributed by atoms with van der Waals surface area (Å²) in [7, 11) is -3.57. The van der Waals surface area contributed by atoms with Crippen molar-refractivity contribution in [3.8, 4) is 0 Å². The molecule has 2 saturated carbocycles. The summed E-state index contributed by atoms with van der Waals surface area (Å²) in [6.45, 7) is 28.3. The molecule has 0 saturated heterocycles. The van der Waals surface area contributed by atoms with Gasteiger partial charge in [0.1, 0.15) is 0 Å². The molecule has 4 unspecified atom stereocenters. The van der Waals surface area contributed by atoms with Crippen molar-refractivity contribution in [2.45, 2.75) is 147 Å². The summed E-state index contributed by atoms with van der Waals surface area (Å²) in [4.78, 5) is 8.65. The maximum Gasteiger partial charge on any atom is 0.252 e. The number of rotatable bonds is 5. The Bertz CT molecular complexity index is 2550. The quantitative estimate of drug-likeness (QED) is 0.164. The highest BCUT2D eigenvalue weighted by Crippen LogP contribution is 2.65. The van der Waals surface area contributed by atoms with Crippen LogP contribution in [0.4, 0.5) is 39.8 Å². The fourth-order valence-corrected chi connectivity index (χ4v) is 17.0. The summed E-state index contributed by atoms with van der Waals surface area (Å²) >= 11 is 0. The van der Waals surface area contributed by atoms with E-state index >= 15 is 0 Å². The fourth-order valence-electron chi connectivity index (χ4n) is 13.9. The first-order valence-corrected chi connectivity index (χ1v) is 30.0. The Morgan fingerprint density at radius 2 is 1.03 bits per heavy atom. The van der Waals surface area contributed by atoms with Crippen molar-refractivity contribution >= 4 is 89.4 Å². The zero-order valence-electron chi connectivity index (χ0n) is 37.7. The Hall–Kier alpha value is -4.00. The lowest BCUT2D eigenvalue weighted by Gasteiger charge is -2.55. The number of anilines is 7. The highest BCUT2D eigenvalue weighted by molar-refractivity contribution is 7.00. The van der Waals surface area contributed by atoms with E-state index in [0.29, 0.717) is 0 Å². The molecule has 302 valence electrons. The molecule has 5 aromatic carbocycles. The van der Waals surface area contributed by atoms with Gasteiger partial charge in [0.2, 0.25) is 0 Å². The van der Waals surface area contributed by atoms with Gasteiger partial charge in [0, 0.05) is 45.0 Å². The Balaban J connectivity index is 1.30. The molecule has 2 aliphatic carbocycles. The first-order valence-electron chi connectivity index (χ1n) is 23.0. The van der Waals surface area contributed by atoms with Crippen LogP contribution in [-0.4, -0.2) is 33.9 Å². The van der Waals surface area contributed by atoms with Crippen LogP contribution in [0, 0.1) is 6.92 Å². The second kappa shape index (κ2) is 12.1. The van der Waals surface area contributed by atoms with Gasteiger partial charge < -0.3 is 14.7 Å². The molecule has 0 bridgehead atoms. The molecule has 6 aliphatic rings. The van der Waals surface area contributed by atoms with Gasteiger partial charge in [-0.2, -0.15) is 0 Å². The summed E-state index contributed by atoms with van der Waals surface area (Å²) in [5.41, 5.74) is 19.3. The van der Waals surface area contributed by atoms with Gasteiger partial charge in [0.05, 0.1) is 32.9 Å². The molecule has 0 N–H and O–H groups in total. The van der Waals surface area contributed by atoms with Gasteiger partial charge in [-0.1, -0.05) is 151 Å².